The quantitative estimate of drug-likeness (QED) is 0.739. The Morgan fingerprint density at radius 1 is 1.53 bits per heavy atom. The average Bonchev–Trinajstić information content (AvgIpc) is 2.71. The predicted octanol–water partition coefficient (Wildman–Crippen LogP) is 2.80. The molecule has 1 aliphatic heterocycles. The largest absolute Gasteiger partial charge is 0.440 e. The zero-order valence-corrected chi connectivity index (χ0v) is 9.62. The van der Waals surface area contributed by atoms with E-state index in [0.717, 1.165) is 13.0 Å². The Bertz CT molecular complexity index is 374. The summed E-state index contributed by atoms with van der Waals surface area (Å²) in [5.74, 6) is 0.842. The number of rotatable bonds is 1. The van der Waals surface area contributed by atoms with Crippen LogP contribution in [0.15, 0.2) is 16.5 Å². The van der Waals surface area contributed by atoms with Gasteiger partial charge < -0.3 is 9.32 Å². The van der Waals surface area contributed by atoms with E-state index >= 15 is 0 Å². The minimum atomic E-state index is -0.0567. The molecule has 0 bridgehead atoms. The summed E-state index contributed by atoms with van der Waals surface area (Å²) in [6.45, 7) is 5.02. The van der Waals surface area contributed by atoms with Crippen LogP contribution in [0.2, 0.25) is 5.22 Å². The smallest absolute Gasteiger partial charge is 0.289 e. The molecule has 4 heteroatoms. The van der Waals surface area contributed by atoms with E-state index in [-0.39, 0.29) is 17.2 Å². The van der Waals surface area contributed by atoms with E-state index in [1.807, 2.05) is 4.90 Å². The molecule has 0 saturated carbocycles. The number of hydrogen-bond acceptors (Lipinski definition) is 2. The fourth-order valence-electron chi connectivity index (χ4n) is 2.15. The summed E-state index contributed by atoms with van der Waals surface area (Å²) < 4.78 is 5.12. The third-order valence-corrected chi connectivity index (χ3v) is 3.03. The van der Waals surface area contributed by atoms with E-state index in [4.69, 9.17) is 16.0 Å². The second-order valence-electron chi connectivity index (χ2n) is 4.25. The molecular weight excluding hydrogens is 214 g/mol. The Morgan fingerprint density at radius 3 is 2.73 bits per heavy atom. The van der Waals surface area contributed by atoms with Gasteiger partial charge in [-0.1, -0.05) is 6.92 Å². The van der Waals surface area contributed by atoms with E-state index < -0.39 is 0 Å². The van der Waals surface area contributed by atoms with Crippen LogP contribution in [0.4, 0.5) is 0 Å². The van der Waals surface area contributed by atoms with Gasteiger partial charge in [-0.15, -0.1) is 0 Å². The number of nitrogens with zero attached hydrogens (tertiary/aromatic N) is 1. The maximum Gasteiger partial charge on any atom is 0.289 e. The zero-order chi connectivity index (χ0) is 11.0. The van der Waals surface area contributed by atoms with Crippen LogP contribution in [-0.2, 0) is 0 Å². The van der Waals surface area contributed by atoms with Crippen molar-refractivity contribution < 1.29 is 9.21 Å². The minimum Gasteiger partial charge on any atom is -0.440 e. The molecule has 0 radical (unpaired) electrons. The third kappa shape index (κ3) is 2.02. The molecule has 15 heavy (non-hydrogen) atoms. The highest BCUT2D eigenvalue weighted by molar-refractivity contribution is 6.29. The molecule has 2 atom stereocenters. The molecule has 0 spiro atoms. The lowest BCUT2D eigenvalue weighted by Gasteiger charge is -2.19. The molecule has 2 unspecified atom stereocenters. The highest BCUT2D eigenvalue weighted by Gasteiger charge is 2.31. The van der Waals surface area contributed by atoms with Crippen molar-refractivity contribution in [3.8, 4) is 0 Å². The fraction of sp³-hybridized carbons (Fsp3) is 0.545. The van der Waals surface area contributed by atoms with Crippen LogP contribution in [0.5, 0.6) is 0 Å². The highest BCUT2D eigenvalue weighted by Crippen LogP contribution is 2.25. The first-order valence-corrected chi connectivity index (χ1v) is 5.52. The van der Waals surface area contributed by atoms with Crippen molar-refractivity contribution in [3.05, 3.63) is 23.1 Å². The van der Waals surface area contributed by atoms with Crippen LogP contribution in [0.3, 0.4) is 0 Å². The van der Waals surface area contributed by atoms with Crippen molar-refractivity contribution in [2.45, 2.75) is 26.3 Å². The van der Waals surface area contributed by atoms with E-state index in [2.05, 4.69) is 13.8 Å². The van der Waals surface area contributed by atoms with Gasteiger partial charge in [0.1, 0.15) is 0 Å². The van der Waals surface area contributed by atoms with Crippen LogP contribution in [0.1, 0.15) is 30.8 Å². The standard InChI is InChI=1S/C11H14ClNO2/c1-7-5-8(2)13(6-7)11(14)9-3-4-10(12)15-9/h3-4,7-8H,5-6H2,1-2H3. The van der Waals surface area contributed by atoms with Gasteiger partial charge in [0.15, 0.2) is 11.0 Å². The fourth-order valence-corrected chi connectivity index (χ4v) is 2.30. The molecule has 0 aliphatic carbocycles. The van der Waals surface area contributed by atoms with Crippen molar-refractivity contribution in [1.82, 2.24) is 4.90 Å². The van der Waals surface area contributed by atoms with Crippen molar-refractivity contribution in [2.24, 2.45) is 5.92 Å². The molecule has 1 aliphatic rings. The molecule has 1 fully saturated rings. The Kier molecular flexibility index (Phi) is 2.74. The van der Waals surface area contributed by atoms with Crippen LogP contribution in [-0.4, -0.2) is 23.4 Å². The Hall–Kier alpha value is -0.960. The molecular formula is C11H14ClNO2. The maximum atomic E-state index is 12.0. The second-order valence-corrected chi connectivity index (χ2v) is 4.62. The lowest BCUT2D eigenvalue weighted by atomic mass is 10.1. The number of halogens is 1. The summed E-state index contributed by atoms with van der Waals surface area (Å²) in [4.78, 5) is 13.8. The normalized spacial score (nSPS) is 25.9. The van der Waals surface area contributed by atoms with Crippen LogP contribution < -0.4 is 0 Å². The Morgan fingerprint density at radius 2 is 2.27 bits per heavy atom. The molecule has 0 N–H and O–H groups in total. The Balaban J connectivity index is 2.15. The number of carbonyl (C=O) groups excluding carboxylic acids is 1. The van der Waals surface area contributed by atoms with Gasteiger partial charge >= 0.3 is 0 Å². The van der Waals surface area contributed by atoms with Crippen LogP contribution in [0.25, 0.3) is 0 Å². The van der Waals surface area contributed by atoms with Gasteiger partial charge in [-0.3, -0.25) is 4.79 Å². The maximum absolute atomic E-state index is 12.0. The van der Waals surface area contributed by atoms with Crippen molar-refractivity contribution in [3.63, 3.8) is 0 Å². The molecule has 1 saturated heterocycles. The van der Waals surface area contributed by atoms with Crippen molar-refractivity contribution >= 4 is 17.5 Å². The first-order chi connectivity index (χ1) is 7.08. The Labute approximate surface area is 94.0 Å². The lowest BCUT2D eigenvalue weighted by molar-refractivity contribution is 0.0711. The lowest BCUT2D eigenvalue weighted by Crippen LogP contribution is -2.33. The zero-order valence-electron chi connectivity index (χ0n) is 8.87. The van der Waals surface area contributed by atoms with Gasteiger partial charge in [0.25, 0.3) is 5.91 Å². The van der Waals surface area contributed by atoms with Gasteiger partial charge in [-0.25, -0.2) is 0 Å². The molecule has 3 nitrogen and oxygen atoms in total. The number of amides is 1. The molecule has 1 aromatic rings. The van der Waals surface area contributed by atoms with Gasteiger partial charge in [-0.2, -0.15) is 0 Å². The monoisotopic (exact) mass is 227 g/mol. The van der Waals surface area contributed by atoms with Crippen LogP contribution in [0, 0.1) is 5.92 Å². The number of furan rings is 1. The summed E-state index contributed by atoms with van der Waals surface area (Å²) in [7, 11) is 0. The van der Waals surface area contributed by atoms with Crippen molar-refractivity contribution in [1.29, 1.82) is 0 Å². The second kappa shape index (κ2) is 3.89. The van der Waals surface area contributed by atoms with E-state index in [1.165, 1.54) is 0 Å². The molecule has 0 aromatic carbocycles. The first kappa shape index (κ1) is 10.6. The number of carbonyl (C=O) groups is 1. The molecule has 1 amide bonds. The highest BCUT2D eigenvalue weighted by atomic mass is 35.5. The molecule has 2 heterocycles. The van der Waals surface area contributed by atoms with E-state index in [0.29, 0.717) is 11.7 Å². The van der Waals surface area contributed by atoms with Gasteiger partial charge in [-0.05, 0) is 43.0 Å². The van der Waals surface area contributed by atoms with Gasteiger partial charge in [0, 0.05) is 12.6 Å². The number of likely N-dealkylation sites (tertiary alicyclic amines) is 1. The topological polar surface area (TPSA) is 33.5 Å². The minimum absolute atomic E-state index is 0.0567. The number of hydrogen-bond donors (Lipinski definition) is 0. The average molecular weight is 228 g/mol. The first-order valence-electron chi connectivity index (χ1n) is 5.14. The SMILES string of the molecule is CC1CC(C)N(C(=O)c2ccc(Cl)o2)C1. The summed E-state index contributed by atoms with van der Waals surface area (Å²) in [6, 6.07) is 3.51. The van der Waals surface area contributed by atoms with Gasteiger partial charge in [0.2, 0.25) is 0 Å². The summed E-state index contributed by atoms with van der Waals surface area (Å²) >= 11 is 5.64. The molecule has 2 rings (SSSR count). The van der Waals surface area contributed by atoms with Crippen LogP contribution >= 0.6 is 11.6 Å². The van der Waals surface area contributed by atoms with E-state index in [1.54, 1.807) is 12.1 Å². The van der Waals surface area contributed by atoms with Crippen molar-refractivity contribution in [2.75, 3.05) is 6.54 Å². The van der Waals surface area contributed by atoms with Gasteiger partial charge in [0.05, 0.1) is 0 Å². The predicted molar refractivity (Wildman–Crippen MR) is 58.0 cm³/mol. The van der Waals surface area contributed by atoms with E-state index in [9.17, 15) is 4.79 Å². The summed E-state index contributed by atoms with van der Waals surface area (Å²) in [5, 5.41) is 0.262. The summed E-state index contributed by atoms with van der Waals surface area (Å²) in [5.41, 5.74) is 0. The molecule has 82 valence electrons. The third-order valence-electron chi connectivity index (χ3n) is 2.83. The summed E-state index contributed by atoms with van der Waals surface area (Å²) in [6.07, 6.45) is 1.06. The molecule has 1 aromatic heterocycles.